The molecule has 0 spiro atoms. The van der Waals surface area contributed by atoms with Crippen molar-refractivity contribution in [1.82, 2.24) is 0 Å². The minimum atomic E-state index is 0.334. The van der Waals surface area contributed by atoms with Gasteiger partial charge in [0.1, 0.15) is 11.5 Å². The average molecular weight is 268 g/mol. The number of phenols is 1. The minimum absolute atomic E-state index is 0.334. The van der Waals surface area contributed by atoms with Crippen LogP contribution in [0.4, 0.5) is 11.4 Å². The molecule has 1 N–H and O–H groups in total. The SMILES string of the molecule is COc1ccc2c(c1)CN1CN2Cc2cc(O)ccc21. The van der Waals surface area contributed by atoms with Crippen molar-refractivity contribution in [2.24, 2.45) is 0 Å². The third-order valence-corrected chi connectivity index (χ3v) is 4.09. The molecule has 102 valence electrons. The molecule has 0 aromatic heterocycles. The van der Waals surface area contributed by atoms with Gasteiger partial charge in [-0.15, -0.1) is 0 Å². The van der Waals surface area contributed by atoms with E-state index in [-0.39, 0.29) is 0 Å². The van der Waals surface area contributed by atoms with Crippen LogP contribution in [0.25, 0.3) is 0 Å². The van der Waals surface area contributed by atoms with Crippen molar-refractivity contribution in [2.45, 2.75) is 13.1 Å². The standard InChI is InChI=1S/C16H16N2O2/c1-20-14-3-5-16-12(7-14)9-18-10-17(16)8-11-6-13(19)2-4-15(11)18/h2-7,19H,8-10H2,1H3. The van der Waals surface area contributed by atoms with Crippen molar-refractivity contribution < 1.29 is 9.84 Å². The summed E-state index contributed by atoms with van der Waals surface area (Å²) in [4.78, 5) is 4.67. The quantitative estimate of drug-likeness (QED) is 0.862. The summed E-state index contributed by atoms with van der Waals surface area (Å²) in [7, 11) is 1.70. The number of hydrogen-bond donors (Lipinski definition) is 1. The number of hydrogen-bond acceptors (Lipinski definition) is 4. The smallest absolute Gasteiger partial charge is 0.119 e. The largest absolute Gasteiger partial charge is 0.508 e. The lowest BCUT2D eigenvalue weighted by atomic mass is 10.0. The first kappa shape index (κ1) is 11.5. The summed E-state index contributed by atoms with van der Waals surface area (Å²) in [6, 6.07) is 11.9. The zero-order valence-electron chi connectivity index (χ0n) is 11.3. The molecule has 0 radical (unpaired) electrons. The van der Waals surface area contributed by atoms with Gasteiger partial charge in [0.15, 0.2) is 0 Å². The summed E-state index contributed by atoms with van der Waals surface area (Å²) < 4.78 is 5.32. The molecule has 4 heteroatoms. The van der Waals surface area contributed by atoms with Crippen molar-refractivity contribution in [3.8, 4) is 11.5 Å². The van der Waals surface area contributed by atoms with Crippen molar-refractivity contribution in [3.63, 3.8) is 0 Å². The van der Waals surface area contributed by atoms with Gasteiger partial charge in [-0.3, -0.25) is 0 Å². The van der Waals surface area contributed by atoms with Gasteiger partial charge in [0.25, 0.3) is 0 Å². The summed E-state index contributed by atoms with van der Waals surface area (Å²) in [5.41, 5.74) is 4.94. The van der Waals surface area contributed by atoms with E-state index < -0.39 is 0 Å². The Bertz CT molecular complexity index is 684. The summed E-state index contributed by atoms with van der Waals surface area (Å²) in [6.07, 6.45) is 0. The third kappa shape index (κ3) is 1.61. The Morgan fingerprint density at radius 3 is 2.30 bits per heavy atom. The number of aromatic hydroxyl groups is 1. The van der Waals surface area contributed by atoms with Gasteiger partial charge in [0.2, 0.25) is 0 Å². The summed E-state index contributed by atoms with van der Waals surface area (Å²) in [5, 5.41) is 9.66. The molecule has 2 heterocycles. The van der Waals surface area contributed by atoms with Crippen LogP contribution in [0.2, 0.25) is 0 Å². The minimum Gasteiger partial charge on any atom is -0.508 e. The van der Waals surface area contributed by atoms with Gasteiger partial charge in [-0.1, -0.05) is 0 Å². The lowest BCUT2D eigenvalue weighted by Crippen LogP contribution is -2.46. The van der Waals surface area contributed by atoms with Crippen LogP contribution >= 0.6 is 0 Å². The predicted octanol–water partition coefficient (Wildman–Crippen LogP) is 2.70. The maximum absolute atomic E-state index is 9.66. The molecule has 20 heavy (non-hydrogen) atoms. The first-order chi connectivity index (χ1) is 9.74. The first-order valence-corrected chi connectivity index (χ1v) is 6.73. The van der Waals surface area contributed by atoms with Gasteiger partial charge in [0.05, 0.1) is 13.8 Å². The number of ether oxygens (including phenoxy) is 1. The fraction of sp³-hybridized carbons (Fsp3) is 0.250. The van der Waals surface area contributed by atoms with Gasteiger partial charge >= 0.3 is 0 Å². The van der Waals surface area contributed by atoms with E-state index in [0.29, 0.717) is 5.75 Å². The van der Waals surface area contributed by atoms with E-state index in [0.717, 1.165) is 25.5 Å². The molecule has 4 nitrogen and oxygen atoms in total. The molecular formula is C16H16N2O2. The second-order valence-electron chi connectivity index (χ2n) is 5.34. The molecule has 0 unspecified atom stereocenters. The molecule has 0 amide bonds. The van der Waals surface area contributed by atoms with Gasteiger partial charge in [-0.05, 0) is 47.5 Å². The number of fused-ring (bicyclic) bond motifs is 6. The topological polar surface area (TPSA) is 35.9 Å². The second kappa shape index (κ2) is 4.07. The highest BCUT2D eigenvalue weighted by molar-refractivity contribution is 5.69. The molecule has 4 rings (SSSR count). The average Bonchev–Trinajstić information content (AvgIpc) is 2.46. The lowest BCUT2D eigenvalue weighted by Gasteiger charge is -2.44. The summed E-state index contributed by atoms with van der Waals surface area (Å²) in [6.45, 7) is 2.61. The van der Waals surface area contributed by atoms with Crippen LogP contribution in [0.5, 0.6) is 11.5 Å². The fourth-order valence-corrected chi connectivity index (χ4v) is 3.17. The maximum atomic E-state index is 9.66. The van der Waals surface area contributed by atoms with Crippen molar-refractivity contribution in [2.75, 3.05) is 23.6 Å². The zero-order chi connectivity index (χ0) is 13.7. The molecule has 2 aromatic carbocycles. The van der Waals surface area contributed by atoms with Gasteiger partial charge < -0.3 is 19.6 Å². The zero-order valence-corrected chi connectivity index (χ0v) is 11.3. The van der Waals surface area contributed by atoms with Gasteiger partial charge in [0, 0.05) is 24.5 Å². The lowest BCUT2D eigenvalue weighted by molar-refractivity contribution is 0.414. The monoisotopic (exact) mass is 268 g/mol. The van der Waals surface area contributed by atoms with Crippen molar-refractivity contribution in [3.05, 3.63) is 47.5 Å². The van der Waals surface area contributed by atoms with Crippen molar-refractivity contribution in [1.29, 1.82) is 0 Å². The molecule has 2 aliphatic rings. The molecule has 2 bridgehead atoms. The number of rotatable bonds is 1. The number of methoxy groups -OCH3 is 1. The molecule has 0 fully saturated rings. The highest BCUT2D eigenvalue weighted by Crippen LogP contribution is 2.39. The number of nitrogens with zero attached hydrogens (tertiary/aromatic N) is 2. The van der Waals surface area contributed by atoms with Crippen LogP contribution in [0, 0.1) is 0 Å². The molecule has 0 saturated heterocycles. The molecule has 0 atom stereocenters. The van der Waals surface area contributed by atoms with Crippen LogP contribution in [-0.4, -0.2) is 18.9 Å². The maximum Gasteiger partial charge on any atom is 0.119 e. The highest BCUT2D eigenvalue weighted by Gasteiger charge is 2.29. The van der Waals surface area contributed by atoms with Crippen molar-refractivity contribution >= 4 is 11.4 Å². The van der Waals surface area contributed by atoms with Crippen LogP contribution in [0.3, 0.4) is 0 Å². The van der Waals surface area contributed by atoms with E-state index >= 15 is 0 Å². The summed E-state index contributed by atoms with van der Waals surface area (Å²) >= 11 is 0. The molecular weight excluding hydrogens is 252 g/mol. The van der Waals surface area contributed by atoms with E-state index in [2.05, 4.69) is 21.9 Å². The van der Waals surface area contributed by atoms with E-state index in [9.17, 15) is 5.11 Å². The van der Waals surface area contributed by atoms with Crippen LogP contribution in [0.15, 0.2) is 36.4 Å². The molecule has 2 aromatic rings. The molecule has 2 aliphatic heterocycles. The first-order valence-electron chi connectivity index (χ1n) is 6.73. The van der Waals surface area contributed by atoms with Gasteiger partial charge in [-0.25, -0.2) is 0 Å². The Kier molecular flexibility index (Phi) is 2.33. The number of benzene rings is 2. The molecule has 0 saturated carbocycles. The van der Waals surface area contributed by atoms with E-state index in [1.165, 1.54) is 22.5 Å². The Labute approximate surface area is 117 Å². The Balaban J connectivity index is 1.80. The molecule has 0 aliphatic carbocycles. The van der Waals surface area contributed by atoms with Crippen LogP contribution in [-0.2, 0) is 13.1 Å². The van der Waals surface area contributed by atoms with E-state index in [1.807, 2.05) is 18.2 Å². The predicted molar refractivity (Wildman–Crippen MR) is 78.3 cm³/mol. The number of anilines is 2. The summed E-state index contributed by atoms with van der Waals surface area (Å²) in [5.74, 6) is 1.23. The van der Waals surface area contributed by atoms with Gasteiger partial charge in [-0.2, -0.15) is 0 Å². The van der Waals surface area contributed by atoms with Crippen LogP contribution in [0.1, 0.15) is 11.1 Å². The number of phenolic OH excluding ortho intramolecular Hbond substituents is 1. The third-order valence-electron chi connectivity index (χ3n) is 4.09. The Morgan fingerprint density at radius 1 is 0.950 bits per heavy atom. The highest BCUT2D eigenvalue weighted by atomic mass is 16.5. The Morgan fingerprint density at radius 2 is 1.60 bits per heavy atom. The second-order valence-corrected chi connectivity index (χ2v) is 5.34. The van der Waals surface area contributed by atoms with Crippen LogP contribution < -0.4 is 14.5 Å². The van der Waals surface area contributed by atoms with E-state index in [1.54, 1.807) is 13.2 Å². The van der Waals surface area contributed by atoms with E-state index in [4.69, 9.17) is 4.74 Å². The normalized spacial score (nSPS) is 15.7. The Hall–Kier alpha value is -2.36. The fourth-order valence-electron chi connectivity index (χ4n) is 3.17.